The van der Waals surface area contributed by atoms with Crippen molar-refractivity contribution in [3.8, 4) is 16.9 Å². The molecular weight excluding hydrogens is 212 g/mol. The molecule has 88 valence electrons. The van der Waals surface area contributed by atoms with Crippen molar-refractivity contribution in [1.29, 1.82) is 0 Å². The highest BCUT2D eigenvalue weighted by atomic mass is 16.5. The van der Waals surface area contributed by atoms with E-state index >= 15 is 0 Å². The molecule has 0 heterocycles. The average molecular weight is 228 g/mol. The van der Waals surface area contributed by atoms with E-state index < -0.39 is 0 Å². The van der Waals surface area contributed by atoms with Gasteiger partial charge in [-0.2, -0.15) is 0 Å². The third-order valence-corrected chi connectivity index (χ3v) is 2.58. The molecule has 0 aliphatic heterocycles. The molecule has 0 atom stereocenters. The van der Waals surface area contributed by atoms with Gasteiger partial charge < -0.3 is 9.84 Å². The first-order valence-electron chi connectivity index (χ1n) is 5.70. The molecule has 0 saturated heterocycles. The van der Waals surface area contributed by atoms with Crippen LogP contribution in [0.1, 0.15) is 5.56 Å². The molecule has 0 amide bonds. The van der Waals surface area contributed by atoms with Crippen LogP contribution in [0.4, 0.5) is 0 Å². The van der Waals surface area contributed by atoms with Crippen LogP contribution in [0.2, 0.25) is 0 Å². The summed E-state index contributed by atoms with van der Waals surface area (Å²) in [7, 11) is 0. The van der Waals surface area contributed by atoms with Crippen LogP contribution in [0, 0.1) is 6.92 Å². The lowest BCUT2D eigenvalue weighted by Gasteiger charge is -2.07. The van der Waals surface area contributed by atoms with E-state index in [-0.39, 0.29) is 6.61 Å². The number of rotatable bonds is 4. The van der Waals surface area contributed by atoms with Crippen molar-refractivity contribution < 1.29 is 9.84 Å². The summed E-state index contributed by atoms with van der Waals surface area (Å²) in [6, 6.07) is 16.3. The third-order valence-electron chi connectivity index (χ3n) is 2.58. The number of hydrogen-bond donors (Lipinski definition) is 1. The Bertz CT molecular complexity index is 475. The van der Waals surface area contributed by atoms with Gasteiger partial charge in [0.2, 0.25) is 0 Å². The van der Waals surface area contributed by atoms with Crippen molar-refractivity contribution in [2.75, 3.05) is 13.2 Å². The highest BCUT2D eigenvalue weighted by Gasteiger charge is 1.99. The molecule has 2 rings (SSSR count). The zero-order valence-electron chi connectivity index (χ0n) is 9.89. The maximum Gasteiger partial charge on any atom is 0.120 e. The van der Waals surface area contributed by atoms with Gasteiger partial charge in [0.15, 0.2) is 0 Å². The van der Waals surface area contributed by atoms with Crippen molar-refractivity contribution in [2.24, 2.45) is 0 Å². The molecule has 2 aromatic carbocycles. The van der Waals surface area contributed by atoms with Crippen LogP contribution in [-0.4, -0.2) is 18.3 Å². The third kappa shape index (κ3) is 3.08. The molecule has 2 heteroatoms. The summed E-state index contributed by atoms with van der Waals surface area (Å²) in [5, 5.41) is 8.72. The van der Waals surface area contributed by atoms with Crippen LogP contribution >= 0.6 is 0 Å². The number of ether oxygens (including phenoxy) is 1. The fourth-order valence-electron chi connectivity index (χ4n) is 1.67. The highest BCUT2D eigenvalue weighted by Crippen LogP contribution is 2.24. The first-order chi connectivity index (χ1) is 8.29. The van der Waals surface area contributed by atoms with E-state index in [9.17, 15) is 0 Å². The monoisotopic (exact) mass is 228 g/mol. The van der Waals surface area contributed by atoms with E-state index in [0.717, 1.165) is 11.3 Å². The minimum atomic E-state index is 0.0365. The summed E-state index contributed by atoms with van der Waals surface area (Å²) in [5.74, 6) is 0.789. The topological polar surface area (TPSA) is 29.5 Å². The normalized spacial score (nSPS) is 10.2. The zero-order chi connectivity index (χ0) is 12.1. The Morgan fingerprint density at radius 2 is 1.76 bits per heavy atom. The van der Waals surface area contributed by atoms with Crippen LogP contribution in [0.15, 0.2) is 48.5 Å². The van der Waals surface area contributed by atoms with Crippen LogP contribution < -0.4 is 4.74 Å². The second-order valence-electron chi connectivity index (χ2n) is 3.97. The van der Waals surface area contributed by atoms with Crippen LogP contribution in [-0.2, 0) is 0 Å². The smallest absolute Gasteiger partial charge is 0.120 e. The first kappa shape index (κ1) is 11.7. The SMILES string of the molecule is Cc1ccc(-c2cccc(OCCO)c2)cc1. The molecular formula is C15H16O2. The molecule has 2 nitrogen and oxygen atoms in total. The molecule has 0 radical (unpaired) electrons. The van der Waals surface area contributed by atoms with Gasteiger partial charge in [0, 0.05) is 0 Å². The predicted molar refractivity (Wildman–Crippen MR) is 69.2 cm³/mol. The molecule has 0 aliphatic rings. The first-order valence-corrected chi connectivity index (χ1v) is 5.70. The molecule has 1 N–H and O–H groups in total. The summed E-state index contributed by atoms with van der Waals surface area (Å²) in [6.45, 7) is 2.44. The molecule has 0 fully saturated rings. The molecule has 0 unspecified atom stereocenters. The van der Waals surface area contributed by atoms with Gasteiger partial charge in [0.25, 0.3) is 0 Å². The van der Waals surface area contributed by atoms with Gasteiger partial charge >= 0.3 is 0 Å². The Labute approximate surface area is 101 Å². The van der Waals surface area contributed by atoms with E-state index in [0.29, 0.717) is 6.61 Å². The second-order valence-corrected chi connectivity index (χ2v) is 3.97. The van der Waals surface area contributed by atoms with E-state index in [2.05, 4.69) is 37.3 Å². The molecule has 17 heavy (non-hydrogen) atoms. The van der Waals surface area contributed by atoms with E-state index in [1.54, 1.807) is 0 Å². The van der Waals surface area contributed by atoms with E-state index in [1.165, 1.54) is 11.1 Å². The molecule has 0 aliphatic carbocycles. The standard InChI is InChI=1S/C15H16O2/c1-12-5-7-13(8-6-12)14-3-2-4-15(11-14)17-10-9-16/h2-8,11,16H,9-10H2,1H3. The second kappa shape index (κ2) is 5.51. The Morgan fingerprint density at radius 1 is 1.00 bits per heavy atom. The Balaban J connectivity index is 2.23. The number of aliphatic hydroxyl groups excluding tert-OH is 1. The van der Waals surface area contributed by atoms with Gasteiger partial charge in [0.05, 0.1) is 6.61 Å². The summed E-state index contributed by atoms with van der Waals surface area (Å²) in [5.41, 5.74) is 3.55. The molecule has 0 saturated carbocycles. The average Bonchev–Trinajstić information content (AvgIpc) is 2.37. The number of hydrogen-bond acceptors (Lipinski definition) is 2. The fourth-order valence-corrected chi connectivity index (χ4v) is 1.67. The maximum absolute atomic E-state index is 8.72. The Morgan fingerprint density at radius 3 is 2.47 bits per heavy atom. The van der Waals surface area contributed by atoms with Gasteiger partial charge in [0.1, 0.15) is 12.4 Å². The highest BCUT2D eigenvalue weighted by molar-refractivity contribution is 5.65. The van der Waals surface area contributed by atoms with Gasteiger partial charge in [-0.1, -0.05) is 42.0 Å². The van der Waals surface area contributed by atoms with E-state index in [1.807, 2.05) is 18.2 Å². The summed E-state index contributed by atoms with van der Waals surface area (Å²) < 4.78 is 5.39. The maximum atomic E-state index is 8.72. The van der Waals surface area contributed by atoms with Gasteiger partial charge in [-0.05, 0) is 30.2 Å². The predicted octanol–water partition coefficient (Wildman–Crippen LogP) is 3.03. The van der Waals surface area contributed by atoms with Crippen LogP contribution in [0.3, 0.4) is 0 Å². The van der Waals surface area contributed by atoms with Crippen molar-refractivity contribution in [2.45, 2.75) is 6.92 Å². The fraction of sp³-hybridized carbons (Fsp3) is 0.200. The van der Waals surface area contributed by atoms with Crippen molar-refractivity contribution >= 4 is 0 Å². The summed E-state index contributed by atoms with van der Waals surface area (Å²) >= 11 is 0. The molecule has 2 aromatic rings. The minimum absolute atomic E-state index is 0.0365. The lowest BCUT2D eigenvalue weighted by molar-refractivity contribution is 0.201. The van der Waals surface area contributed by atoms with Gasteiger partial charge in [-0.3, -0.25) is 0 Å². The van der Waals surface area contributed by atoms with Gasteiger partial charge in [-0.15, -0.1) is 0 Å². The quantitative estimate of drug-likeness (QED) is 0.871. The summed E-state index contributed by atoms with van der Waals surface area (Å²) in [6.07, 6.45) is 0. The number of benzene rings is 2. The van der Waals surface area contributed by atoms with Crippen LogP contribution in [0.25, 0.3) is 11.1 Å². The van der Waals surface area contributed by atoms with E-state index in [4.69, 9.17) is 9.84 Å². The number of aryl methyl sites for hydroxylation is 1. The van der Waals surface area contributed by atoms with Crippen molar-refractivity contribution in [3.05, 3.63) is 54.1 Å². The largest absolute Gasteiger partial charge is 0.491 e. The van der Waals surface area contributed by atoms with Crippen LogP contribution in [0.5, 0.6) is 5.75 Å². The minimum Gasteiger partial charge on any atom is -0.491 e. The number of aliphatic hydroxyl groups is 1. The van der Waals surface area contributed by atoms with Crippen molar-refractivity contribution in [3.63, 3.8) is 0 Å². The Kier molecular flexibility index (Phi) is 3.78. The molecule has 0 spiro atoms. The summed E-state index contributed by atoms with van der Waals surface area (Å²) in [4.78, 5) is 0. The molecule has 0 bridgehead atoms. The lowest BCUT2D eigenvalue weighted by Crippen LogP contribution is -2.01. The van der Waals surface area contributed by atoms with Crippen molar-refractivity contribution in [1.82, 2.24) is 0 Å². The lowest BCUT2D eigenvalue weighted by atomic mass is 10.0. The molecule has 0 aromatic heterocycles. The zero-order valence-corrected chi connectivity index (χ0v) is 9.89. The Hall–Kier alpha value is -1.80. The van der Waals surface area contributed by atoms with Gasteiger partial charge in [-0.25, -0.2) is 0 Å².